The van der Waals surface area contributed by atoms with Gasteiger partial charge in [0.15, 0.2) is 0 Å². The second kappa shape index (κ2) is 7.02. The topological polar surface area (TPSA) is 49.9 Å². The van der Waals surface area contributed by atoms with Crippen LogP contribution in [-0.2, 0) is 14.3 Å². The zero-order chi connectivity index (χ0) is 16.2. The molecule has 124 valence electrons. The first-order valence-electron chi connectivity index (χ1n) is 8.43. The number of carbonyl (C=O) groups excluding carboxylic acids is 2. The summed E-state index contributed by atoms with van der Waals surface area (Å²) in [7, 11) is 1.38. The molecule has 3 rings (SSSR count). The molecule has 0 N–H and O–H groups in total. The molecule has 5 nitrogen and oxygen atoms in total. The molecule has 2 heterocycles. The summed E-state index contributed by atoms with van der Waals surface area (Å²) in [5, 5.41) is 0. The second-order valence-electron chi connectivity index (χ2n) is 6.32. The van der Waals surface area contributed by atoms with Crippen molar-refractivity contribution < 1.29 is 14.3 Å². The monoisotopic (exact) mass is 316 g/mol. The number of nitrogens with zero attached hydrogens (tertiary/aromatic N) is 2. The van der Waals surface area contributed by atoms with Crippen molar-refractivity contribution >= 4 is 23.3 Å². The van der Waals surface area contributed by atoms with E-state index < -0.39 is 0 Å². The lowest BCUT2D eigenvalue weighted by Gasteiger charge is -2.28. The van der Waals surface area contributed by atoms with Gasteiger partial charge in [0.2, 0.25) is 5.91 Å². The largest absolute Gasteiger partial charge is 0.469 e. The van der Waals surface area contributed by atoms with Gasteiger partial charge in [0.05, 0.1) is 24.4 Å². The van der Waals surface area contributed by atoms with Crippen LogP contribution < -0.4 is 9.80 Å². The molecule has 0 radical (unpaired) electrons. The highest BCUT2D eigenvalue weighted by Gasteiger charge is 2.37. The number of carbonyl (C=O) groups is 2. The van der Waals surface area contributed by atoms with Crippen molar-refractivity contribution in [1.29, 1.82) is 0 Å². The number of amides is 1. The summed E-state index contributed by atoms with van der Waals surface area (Å²) < 4.78 is 4.80. The van der Waals surface area contributed by atoms with Crippen LogP contribution in [0.3, 0.4) is 0 Å². The van der Waals surface area contributed by atoms with Crippen LogP contribution >= 0.6 is 0 Å². The van der Waals surface area contributed by atoms with Gasteiger partial charge in [0.25, 0.3) is 0 Å². The number of hydrogen-bond donors (Lipinski definition) is 0. The van der Waals surface area contributed by atoms with Gasteiger partial charge < -0.3 is 14.5 Å². The minimum Gasteiger partial charge on any atom is -0.469 e. The van der Waals surface area contributed by atoms with Gasteiger partial charge in [-0.1, -0.05) is 25.0 Å². The summed E-state index contributed by atoms with van der Waals surface area (Å²) >= 11 is 0. The second-order valence-corrected chi connectivity index (χ2v) is 6.32. The minimum absolute atomic E-state index is 0.00247. The number of methoxy groups -OCH3 is 1. The van der Waals surface area contributed by atoms with E-state index in [1.165, 1.54) is 32.8 Å². The molecule has 1 aromatic rings. The fourth-order valence-corrected chi connectivity index (χ4v) is 3.54. The lowest BCUT2D eigenvalue weighted by atomic mass is 10.1. The number of para-hydroxylation sites is 2. The smallest absolute Gasteiger partial charge is 0.311 e. The SMILES string of the molecule is COC(=O)C1CC(=O)N(c2ccccc2N2CCCCCC2)C1. The van der Waals surface area contributed by atoms with Gasteiger partial charge in [-0.3, -0.25) is 9.59 Å². The van der Waals surface area contributed by atoms with E-state index in [1.54, 1.807) is 4.90 Å². The van der Waals surface area contributed by atoms with Gasteiger partial charge in [0.1, 0.15) is 0 Å². The molecule has 0 saturated carbocycles. The van der Waals surface area contributed by atoms with Gasteiger partial charge in [-0.05, 0) is 25.0 Å². The van der Waals surface area contributed by atoms with Crippen LogP contribution in [0.15, 0.2) is 24.3 Å². The number of benzene rings is 1. The van der Waals surface area contributed by atoms with E-state index in [1.807, 2.05) is 18.2 Å². The summed E-state index contributed by atoms with van der Waals surface area (Å²) in [4.78, 5) is 28.3. The zero-order valence-electron chi connectivity index (χ0n) is 13.7. The number of hydrogen-bond acceptors (Lipinski definition) is 4. The molecule has 0 bridgehead atoms. The number of rotatable bonds is 3. The van der Waals surface area contributed by atoms with E-state index in [0.29, 0.717) is 6.54 Å². The summed E-state index contributed by atoms with van der Waals surface area (Å²) in [6.07, 6.45) is 5.15. The van der Waals surface area contributed by atoms with Crippen molar-refractivity contribution in [1.82, 2.24) is 0 Å². The molecule has 5 heteroatoms. The number of esters is 1. The predicted octanol–water partition coefficient (Wildman–Crippen LogP) is 2.59. The molecule has 2 fully saturated rings. The Bertz CT molecular complexity index is 579. The van der Waals surface area contributed by atoms with Gasteiger partial charge in [-0.25, -0.2) is 0 Å². The highest BCUT2D eigenvalue weighted by Crippen LogP contribution is 2.35. The van der Waals surface area contributed by atoms with Crippen LogP contribution in [0.2, 0.25) is 0 Å². The Labute approximate surface area is 137 Å². The normalized spacial score (nSPS) is 22.1. The quantitative estimate of drug-likeness (QED) is 0.804. The third-order valence-electron chi connectivity index (χ3n) is 4.78. The van der Waals surface area contributed by atoms with Gasteiger partial charge in [0, 0.05) is 26.1 Å². The summed E-state index contributed by atoms with van der Waals surface area (Å²) in [6.45, 7) is 2.47. The maximum Gasteiger partial charge on any atom is 0.311 e. The molecule has 2 aliphatic heterocycles. The van der Waals surface area contributed by atoms with E-state index in [2.05, 4.69) is 11.0 Å². The van der Waals surface area contributed by atoms with E-state index >= 15 is 0 Å². The highest BCUT2D eigenvalue weighted by molar-refractivity contribution is 6.01. The maximum absolute atomic E-state index is 12.4. The fraction of sp³-hybridized carbons (Fsp3) is 0.556. The highest BCUT2D eigenvalue weighted by atomic mass is 16.5. The number of ether oxygens (including phenoxy) is 1. The van der Waals surface area contributed by atoms with E-state index in [-0.39, 0.29) is 24.2 Å². The van der Waals surface area contributed by atoms with Crippen LogP contribution in [0, 0.1) is 5.92 Å². The summed E-state index contributed by atoms with van der Waals surface area (Å²) in [5.41, 5.74) is 2.03. The van der Waals surface area contributed by atoms with Crippen LogP contribution in [0.5, 0.6) is 0 Å². The molecular weight excluding hydrogens is 292 g/mol. The first-order chi connectivity index (χ1) is 11.2. The Hall–Kier alpha value is -2.04. The van der Waals surface area contributed by atoms with Crippen molar-refractivity contribution in [3.8, 4) is 0 Å². The Balaban J connectivity index is 1.85. The van der Waals surface area contributed by atoms with Gasteiger partial charge in [-0.15, -0.1) is 0 Å². The zero-order valence-corrected chi connectivity index (χ0v) is 13.7. The van der Waals surface area contributed by atoms with E-state index in [4.69, 9.17) is 4.74 Å². The third kappa shape index (κ3) is 3.33. The molecule has 2 aliphatic rings. The lowest BCUT2D eigenvalue weighted by molar-refractivity contribution is -0.145. The van der Waals surface area contributed by atoms with E-state index in [9.17, 15) is 9.59 Å². The predicted molar refractivity (Wildman–Crippen MR) is 89.6 cm³/mol. The standard InChI is InChI=1S/C18H24N2O3/c1-23-18(22)14-12-17(21)20(13-14)16-9-5-4-8-15(16)19-10-6-2-3-7-11-19/h4-5,8-9,14H,2-3,6-7,10-13H2,1H3. The molecule has 0 aliphatic carbocycles. The third-order valence-corrected chi connectivity index (χ3v) is 4.78. The van der Waals surface area contributed by atoms with Crippen molar-refractivity contribution in [2.45, 2.75) is 32.1 Å². The number of anilines is 2. The minimum atomic E-state index is -0.357. The molecule has 1 unspecified atom stereocenters. The Kier molecular flexibility index (Phi) is 4.84. The first-order valence-corrected chi connectivity index (χ1v) is 8.43. The Morgan fingerprint density at radius 1 is 1.09 bits per heavy atom. The molecule has 23 heavy (non-hydrogen) atoms. The molecule has 0 spiro atoms. The van der Waals surface area contributed by atoms with Crippen molar-refractivity contribution in [2.75, 3.05) is 36.5 Å². The van der Waals surface area contributed by atoms with Gasteiger partial charge in [-0.2, -0.15) is 0 Å². The lowest BCUT2D eigenvalue weighted by Crippen LogP contribution is -2.30. The van der Waals surface area contributed by atoms with Crippen LogP contribution in [0.4, 0.5) is 11.4 Å². The fourth-order valence-electron chi connectivity index (χ4n) is 3.54. The summed E-state index contributed by atoms with van der Waals surface area (Å²) in [6, 6.07) is 8.04. The van der Waals surface area contributed by atoms with Crippen LogP contribution in [-0.4, -0.2) is 38.6 Å². The molecule has 1 atom stereocenters. The van der Waals surface area contributed by atoms with Crippen molar-refractivity contribution in [2.24, 2.45) is 5.92 Å². The Morgan fingerprint density at radius 3 is 2.39 bits per heavy atom. The maximum atomic E-state index is 12.4. The van der Waals surface area contributed by atoms with Crippen molar-refractivity contribution in [3.63, 3.8) is 0 Å². The first kappa shape index (κ1) is 15.8. The molecule has 1 amide bonds. The average molecular weight is 316 g/mol. The van der Waals surface area contributed by atoms with Gasteiger partial charge >= 0.3 is 5.97 Å². The van der Waals surface area contributed by atoms with Crippen molar-refractivity contribution in [3.05, 3.63) is 24.3 Å². The van der Waals surface area contributed by atoms with E-state index in [0.717, 1.165) is 24.5 Å². The Morgan fingerprint density at radius 2 is 1.74 bits per heavy atom. The van der Waals surface area contributed by atoms with Crippen LogP contribution in [0.1, 0.15) is 32.1 Å². The van der Waals surface area contributed by atoms with Crippen LogP contribution in [0.25, 0.3) is 0 Å². The average Bonchev–Trinajstić information content (AvgIpc) is 2.79. The molecule has 1 aromatic carbocycles. The molecule has 0 aromatic heterocycles. The molecular formula is C18H24N2O3. The summed E-state index contributed by atoms with van der Waals surface area (Å²) in [5.74, 6) is -0.652. The molecule has 2 saturated heterocycles.